The van der Waals surface area contributed by atoms with Gasteiger partial charge in [-0.2, -0.15) is 0 Å². The van der Waals surface area contributed by atoms with E-state index in [1.165, 1.54) is 0 Å². The summed E-state index contributed by atoms with van der Waals surface area (Å²) in [6, 6.07) is 1.09. The fourth-order valence-corrected chi connectivity index (χ4v) is 3.97. The quantitative estimate of drug-likeness (QED) is 0.716. The zero-order valence-electron chi connectivity index (χ0n) is 10.5. The van der Waals surface area contributed by atoms with Crippen LogP contribution in [0.2, 0.25) is 0 Å². The number of rotatable bonds is 5. The molecule has 0 unspecified atom stereocenters. The maximum Gasteiger partial charge on any atom is 0.214 e. The average molecular weight is 261 g/mol. The van der Waals surface area contributed by atoms with Gasteiger partial charge < -0.3 is 10.6 Å². The van der Waals surface area contributed by atoms with E-state index in [-0.39, 0.29) is 5.75 Å². The third kappa shape index (κ3) is 3.40. The first kappa shape index (κ1) is 13.3. The van der Waals surface area contributed by atoms with Crippen molar-refractivity contribution < 1.29 is 8.42 Å². The van der Waals surface area contributed by atoms with Crippen LogP contribution in [-0.2, 0) is 10.0 Å². The second-order valence-corrected chi connectivity index (χ2v) is 7.10. The Labute approximate surface area is 104 Å². The zero-order valence-corrected chi connectivity index (χ0v) is 11.3. The van der Waals surface area contributed by atoms with Crippen LogP contribution in [0.3, 0.4) is 0 Å². The molecule has 0 aromatic rings. The lowest BCUT2D eigenvalue weighted by atomic mass is 10.0. The fraction of sp³-hybridized carbons (Fsp3) is 1.00. The molecule has 5 nitrogen and oxygen atoms in total. The Bertz CT molecular complexity index is 333. The van der Waals surface area contributed by atoms with Crippen LogP contribution in [0, 0.1) is 0 Å². The maximum absolute atomic E-state index is 11.9. The van der Waals surface area contributed by atoms with Gasteiger partial charge in [0.05, 0.1) is 5.75 Å². The number of sulfonamides is 1. The summed E-state index contributed by atoms with van der Waals surface area (Å²) in [6.07, 6.45) is 2.59. The molecule has 0 aliphatic carbocycles. The normalized spacial score (nSPS) is 24.8. The van der Waals surface area contributed by atoms with Gasteiger partial charge in [-0.05, 0) is 19.3 Å². The van der Waals surface area contributed by atoms with Crippen molar-refractivity contribution in [2.24, 2.45) is 0 Å². The van der Waals surface area contributed by atoms with E-state index in [4.69, 9.17) is 0 Å². The lowest BCUT2D eigenvalue weighted by molar-refractivity contribution is 0.247. The van der Waals surface area contributed by atoms with Crippen LogP contribution in [0.1, 0.15) is 26.2 Å². The fourth-order valence-electron chi connectivity index (χ4n) is 2.43. The van der Waals surface area contributed by atoms with E-state index in [1.54, 1.807) is 4.31 Å². The van der Waals surface area contributed by atoms with Gasteiger partial charge in [0, 0.05) is 38.3 Å². The summed E-state index contributed by atoms with van der Waals surface area (Å²) in [7, 11) is -2.98. The molecule has 2 aliphatic rings. The van der Waals surface area contributed by atoms with E-state index in [0.717, 1.165) is 25.9 Å². The molecule has 0 amide bonds. The number of nitrogens with one attached hydrogen (secondary N) is 2. The van der Waals surface area contributed by atoms with Crippen molar-refractivity contribution in [2.45, 2.75) is 38.3 Å². The minimum atomic E-state index is -2.98. The van der Waals surface area contributed by atoms with Gasteiger partial charge in [0.1, 0.15) is 0 Å². The molecule has 2 N–H and O–H groups in total. The molecular formula is C11H23N3O2S. The topological polar surface area (TPSA) is 61.4 Å². The molecule has 0 saturated carbocycles. The molecule has 0 radical (unpaired) electrons. The Morgan fingerprint density at radius 2 is 1.88 bits per heavy atom. The highest BCUT2D eigenvalue weighted by Gasteiger charge is 2.29. The summed E-state index contributed by atoms with van der Waals surface area (Å²) >= 11 is 0. The van der Waals surface area contributed by atoms with Gasteiger partial charge in [0.2, 0.25) is 10.0 Å². The number of piperidine rings is 1. The summed E-state index contributed by atoms with van der Waals surface area (Å²) in [6.45, 7) is 5.37. The Morgan fingerprint density at radius 3 is 2.35 bits per heavy atom. The summed E-state index contributed by atoms with van der Waals surface area (Å²) in [5, 5.41) is 6.81. The van der Waals surface area contributed by atoms with Crippen molar-refractivity contribution in [2.75, 3.05) is 31.9 Å². The lowest BCUT2D eigenvalue weighted by Gasteiger charge is -2.37. The maximum atomic E-state index is 11.9. The molecule has 0 spiro atoms. The third-order valence-corrected chi connectivity index (χ3v) is 5.64. The molecule has 2 rings (SSSR count). The second kappa shape index (κ2) is 5.65. The van der Waals surface area contributed by atoms with Crippen LogP contribution in [0.5, 0.6) is 0 Å². The summed E-state index contributed by atoms with van der Waals surface area (Å²) in [4.78, 5) is 0. The van der Waals surface area contributed by atoms with Crippen molar-refractivity contribution in [1.82, 2.24) is 14.9 Å². The van der Waals surface area contributed by atoms with Crippen LogP contribution in [0.15, 0.2) is 0 Å². The molecule has 0 aromatic carbocycles. The van der Waals surface area contributed by atoms with Crippen molar-refractivity contribution in [3.8, 4) is 0 Å². The van der Waals surface area contributed by atoms with Gasteiger partial charge in [-0.3, -0.25) is 0 Å². The molecule has 0 atom stereocenters. The van der Waals surface area contributed by atoms with E-state index in [2.05, 4.69) is 10.6 Å². The summed E-state index contributed by atoms with van der Waals surface area (Å²) in [5.74, 6) is 0.289. The first-order valence-corrected chi connectivity index (χ1v) is 8.17. The number of hydrogen-bond donors (Lipinski definition) is 2. The Balaban J connectivity index is 1.77. The first-order valence-electron chi connectivity index (χ1n) is 6.56. The molecule has 2 heterocycles. The van der Waals surface area contributed by atoms with E-state index in [1.807, 2.05) is 6.92 Å². The molecular weight excluding hydrogens is 238 g/mol. The van der Waals surface area contributed by atoms with Crippen molar-refractivity contribution >= 4 is 10.0 Å². The van der Waals surface area contributed by atoms with Crippen molar-refractivity contribution in [3.63, 3.8) is 0 Å². The Morgan fingerprint density at radius 1 is 1.24 bits per heavy atom. The first-order chi connectivity index (χ1) is 8.12. The zero-order chi connectivity index (χ0) is 12.3. The largest absolute Gasteiger partial charge is 0.314 e. The van der Waals surface area contributed by atoms with Gasteiger partial charge >= 0.3 is 0 Å². The molecule has 0 aromatic heterocycles. The van der Waals surface area contributed by atoms with Crippen molar-refractivity contribution in [1.29, 1.82) is 0 Å². The summed E-state index contributed by atoms with van der Waals surface area (Å²) < 4.78 is 25.4. The molecule has 2 fully saturated rings. The Kier molecular flexibility index (Phi) is 4.41. The SMILES string of the molecule is CCCS(=O)(=O)N1CCC(NC2CNC2)CC1. The molecule has 6 heteroatoms. The standard InChI is InChI=1S/C11H23N3O2S/c1-2-7-17(15,16)14-5-3-10(4-6-14)13-11-8-12-9-11/h10-13H,2-9H2,1H3. The molecule has 100 valence electrons. The minimum absolute atomic E-state index is 0.289. The van der Waals surface area contributed by atoms with E-state index >= 15 is 0 Å². The highest BCUT2D eigenvalue weighted by atomic mass is 32.2. The van der Waals surface area contributed by atoms with E-state index in [0.29, 0.717) is 31.6 Å². The average Bonchev–Trinajstić information content (AvgIpc) is 2.24. The van der Waals surface area contributed by atoms with Gasteiger partial charge in [-0.15, -0.1) is 0 Å². The Hall–Kier alpha value is -0.170. The number of hydrogen-bond acceptors (Lipinski definition) is 4. The predicted molar refractivity (Wildman–Crippen MR) is 68.5 cm³/mol. The monoisotopic (exact) mass is 261 g/mol. The van der Waals surface area contributed by atoms with E-state index < -0.39 is 10.0 Å². The lowest BCUT2D eigenvalue weighted by Crippen LogP contribution is -2.59. The van der Waals surface area contributed by atoms with Gasteiger partial charge in [0.25, 0.3) is 0 Å². The van der Waals surface area contributed by atoms with Gasteiger partial charge in [0.15, 0.2) is 0 Å². The summed E-state index contributed by atoms with van der Waals surface area (Å²) in [5.41, 5.74) is 0. The third-order valence-electron chi connectivity index (χ3n) is 3.56. The van der Waals surface area contributed by atoms with E-state index in [9.17, 15) is 8.42 Å². The van der Waals surface area contributed by atoms with Gasteiger partial charge in [-0.25, -0.2) is 12.7 Å². The number of nitrogens with zero attached hydrogens (tertiary/aromatic N) is 1. The highest BCUT2D eigenvalue weighted by Crippen LogP contribution is 2.15. The van der Waals surface area contributed by atoms with Crippen LogP contribution < -0.4 is 10.6 Å². The molecule has 0 bridgehead atoms. The van der Waals surface area contributed by atoms with Crippen LogP contribution in [0.4, 0.5) is 0 Å². The molecule has 2 saturated heterocycles. The minimum Gasteiger partial charge on any atom is -0.314 e. The van der Waals surface area contributed by atoms with Crippen LogP contribution in [0.25, 0.3) is 0 Å². The van der Waals surface area contributed by atoms with Crippen molar-refractivity contribution in [3.05, 3.63) is 0 Å². The van der Waals surface area contributed by atoms with Crippen LogP contribution in [-0.4, -0.2) is 56.7 Å². The predicted octanol–water partition coefficient (Wildman–Crippen LogP) is -0.248. The highest BCUT2D eigenvalue weighted by molar-refractivity contribution is 7.89. The van der Waals surface area contributed by atoms with Gasteiger partial charge in [-0.1, -0.05) is 6.92 Å². The molecule has 17 heavy (non-hydrogen) atoms. The molecule has 2 aliphatic heterocycles. The smallest absolute Gasteiger partial charge is 0.214 e. The second-order valence-electron chi connectivity index (χ2n) is 5.01. The van der Waals surface area contributed by atoms with Crippen LogP contribution >= 0.6 is 0 Å².